The van der Waals surface area contributed by atoms with E-state index in [1.165, 1.54) is 11.3 Å². The summed E-state index contributed by atoms with van der Waals surface area (Å²) in [4.78, 5) is 23.1. The van der Waals surface area contributed by atoms with E-state index in [2.05, 4.69) is 9.97 Å². The van der Waals surface area contributed by atoms with Crippen molar-refractivity contribution in [2.45, 2.75) is 72.8 Å². The third-order valence-corrected chi connectivity index (χ3v) is 5.58. The van der Waals surface area contributed by atoms with Gasteiger partial charge in [-0.05, 0) is 59.6 Å². The molecule has 3 heterocycles. The fourth-order valence-electron chi connectivity index (χ4n) is 3.32. The van der Waals surface area contributed by atoms with Crippen LogP contribution in [0.15, 0.2) is 17.2 Å². The van der Waals surface area contributed by atoms with Gasteiger partial charge >= 0.3 is 0 Å². The van der Waals surface area contributed by atoms with Gasteiger partial charge in [0.05, 0.1) is 36.8 Å². The smallest absolute Gasteiger partial charge is 0.271 e. The van der Waals surface area contributed by atoms with Gasteiger partial charge in [-0.1, -0.05) is 0 Å². The molecular formula is C21H29N3O3S. The third-order valence-electron chi connectivity index (χ3n) is 4.52. The average Bonchev–Trinajstić information content (AvgIpc) is 2.97. The zero-order valence-electron chi connectivity index (χ0n) is 17.5. The molecule has 1 unspecified atom stereocenters. The van der Waals surface area contributed by atoms with Crippen LogP contribution in [-0.2, 0) is 16.0 Å². The molecule has 3 rings (SSSR count). The lowest BCUT2D eigenvalue weighted by Crippen LogP contribution is -2.29. The van der Waals surface area contributed by atoms with E-state index in [0.717, 1.165) is 27.0 Å². The van der Waals surface area contributed by atoms with Crippen LogP contribution < -0.4 is 5.56 Å². The number of fused-ring (bicyclic) bond motifs is 3. The first-order chi connectivity index (χ1) is 13.3. The van der Waals surface area contributed by atoms with E-state index in [1.54, 1.807) is 10.9 Å². The van der Waals surface area contributed by atoms with Gasteiger partial charge in [-0.25, -0.2) is 9.97 Å². The van der Waals surface area contributed by atoms with E-state index < -0.39 is 0 Å². The van der Waals surface area contributed by atoms with Crippen molar-refractivity contribution in [2.75, 3.05) is 6.61 Å². The Morgan fingerprint density at radius 1 is 1.18 bits per heavy atom. The number of aryl methyl sites for hydroxylation is 3. The summed E-state index contributed by atoms with van der Waals surface area (Å²) in [6, 6.07) is 2.03. The van der Waals surface area contributed by atoms with Crippen LogP contribution in [-0.4, -0.2) is 39.5 Å². The van der Waals surface area contributed by atoms with Crippen molar-refractivity contribution < 1.29 is 9.47 Å². The number of ether oxygens (including phenoxy) is 2. The lowest BCUT2D eigenvalue weighted by molar-refractivity contribution is -0.0628. The summed E-state index contributed by atoms with van der Waals surface area (Å²) < 4.78 is 14.0. The first kappa shape index (κ1) is 20.9. The maximum absolute atomic E-state index is 13.0. The maximum Gasteiger partial charge on any atom is 0.271 e. The van der Waals surface area contributed by atoms with Crippen LogP contribution in [0.1, 0.15) is 45.4 Å². The fourth-order valence-corrected chi connectivity index (χ4v) is 4.52. The average molecular weight is 404 g/mol. The second-order valence-electron chi connectivity index (χ2n) is 7.76. The molecule has 0 aliphatic heterocycles. The number of pyridine rings is 1. The van der Waals surface area contributed by atoms with Crippen molar-refractivity contribution in [1.29, 1.82) is 0 Å². The Balaban J connectivity index is 1.87. The van der Waals surface area contributed by atoms with E-state index >= 15 is 0 Å². The minimum atomic E-state index is -0.0565. The standard InChI is InChI=1S/C21H29N3O3S/c1-12(2)26-10-16(27-13(3)4)7-8-24-11-22-18-17-14(5)9-15(6)23-20(17)28-19(18)21(24)25/h9,11-13,16H,7-8,10H2,1-6H3. The second-order valence-corrected chi connectivity index (χ2v) is 8.76. The van der Waals surface area contributed by atoms with Crippen LogP contribution in [0, 0.1) is 13.8 Å². The van der Waals surface area contributed by atoms with E-state index in [-0.39, 0.29) is 23.9 Å². The molecule has 3 aromatic rings. The Hall–Kier alpha value is -1.83. The molecular weight excluding hydrogens is 374 g/mol. The highest BCUT2D eigenvalue weighted by molar-refractivity contribution is 7.25. The molecule has 28 heavy (non-hydrogen) atoms. The fraction of sp³-hybridized carbons (Fsp3) is 0.571. The van der Waals surface area contributed by atoms with E-state index in [1.807, 2.05) is 47.6 Å². The summed E-state index contributed by atoms with van der Waals surface area (Å²) in [5.74, 6) is 0. The number of nitrogens with zero attached hydrogens (tertiary/aromatic N) is 3. The highest BCUT2D eigenvalue weighted by Gasteiger charge is 2.17. The monoisotopic (exact) mass is 403 g/mol. The molecule has 0 fully saturated rings. The molecule has 0 radical (unpaired) electrons. The van der Waals surface area contributed by atoms with Gasteiger partial charge in [0.25, 0.3) is 5.56 Å². The van der Waals surface area contributed by atoms with Crippen molar-refractivity contribution in [3.63, 3.8) is 0 Å². The molecule has 0 saturated heterocycles. The van der Waals surface area contributed by atoms with Crippen molar-refractivity contribution in [3.05, 3.63) is 34.0 Å². The topological polar surface area (TPSA) is 66.2 Å². The zero-order chi connectivity index (χ0) is 20.4. The van der Waals surface area contributed by atoms with Crippen molar-refractivity contribution in [1.82, 2.24) is 14.5 Å². The highest BCUT2D eigenvalue weighted by atomic mass is 32.1. The van der Waals surface area contributed by atoms with E-state index in [4.69, 9.17) is 9.47 Å². The van der Waals surface area contributed by atoms with Crippen LogP contribution in [0.2, 0.25) is 0 Å². The molecule has 0 aliphatic carbocycles. The van der Waals surface area contributed by atoms with Crippen molar-refractivity contribution in [3.8, 4) is 0 Å². The van der Waals surface area contributed by atoms with Crippen LogP contribution in [0.25, 0.3) is 20.4 Å². The number of rotatable bonds is 8. The quantitative estimate of drug-likeness (QED) is 0.563. The van der Waals surface area contributed by atoms with Crippen LogP contribution in [0.5, 0.6) is 0 Å². The third kappa shape index (κ3) is 4.59. The SMILES string of the molecule is Cc1cc(C)c2c(n1)sc1c(=O)n(CCC(COC(C)C)OC(C)C)cnc12. The van der Waals surface area contributed by atoms with E-state index in [0.29, 0.717) is 24.3 Å². The van der Waals surface area contributed by atoms with E-state index in [9.17, 15) is 4.79 Å². The van der Waals surface area contributed by atoms with Gasteiger partial charge in [-0.3, -0.25) is 9.36 Å². The molecule has 1 atom stereocenters. The Morgan fingerprint density at radius 3 is 2.61 bits per heavy atom. The molecule has 0 N–H and O–H groups in total. The Labute approximate surface area is 169 Å². The van der Waals surface area contributed by atoms with Gasteiger partial charge in [0.2, 0.25) is 0 Å². The van der Waals surface area contributed by atoms with Crippen LogP contribution in [0.4, 0.5) is 0 Å². The molecule has 7 heteroatoms. The summed E-state index contributed by atoms with van der Waals surface area (Å²) in [7, 11) is 0. The molecule has 0 saturated carbocycles. The van der Waals surface area contributed by atoms with Crippen molar-refractivity contribution >= 4 is 31.8 Å². The number of hydrogen-bond acceptors (Lipinski definition) is 6. The first-order valence-corrected chi connectivity index (χ1v) is 10.6. The molecule has 0 aliphatic rings. The molecule has 0 spiro atoms. The molecule has 0 aromatic carbocycles. The Morgan fingerprint density at radius 2 is 1.93 bits per heavy atom. The lowest BCUT2D eigenvalue weighted by Gasteiger charge is -2.22. The number of aromatic nitrogens is 3. The largest absolute Gasteiger partial charge is 0.376 e. The Kier molecular flexibility index (Phi) is 6.47. The zero-order valence-corrected chi connectivity index (χ0v) is 18.3. The Bertz CT molecular complexity index is 1020. The normalized spacial score (nSPS) is 13.3. The molecule has 152 valence electrons. The summed E-state index contributed by atoms with van der Waals surface area (Å²) in [5, 5.41) is 0.987. The minimum Gasteiger partial charge on any atom is -0.376 e. The predicted molar refractivity (Wildman–Crippen MR) is 114 cm³/mol. The summed E-state index contributed by atoms with van der Waals surface area (Å²) in [6.45, 7) is 13.1. The van der Waals surface area contributed by atoms with Crippen LogP contribution >= 0.6 is 11.3 Å². The predicted octanol–water partition coefficient (Wildman–Crippen LogP) is 4.23. The lowest BCUT2D eigenvalue weighted by atomic mass is 10.1. The minimum absolute atomic E-state index is 0.0156. The maximum atomic E-state index is 13.0. The number of hydrogen-bond donors (Lipinski definition) is 0. The molecule has 0 bridgehead atoms. The van der Waals surface area contributed by atoms with Gasteiger partial charge in [0.15, 0.2) is 0 Å². The first-order valence-electron chi connectivity index (χ1n) is 9.79. The second kappa shape index (κ2) is 8.68. The number of thiophene rings is 1. The summed E-state index contributed by atoms with van der Waals surface area (Å²) >= 11 is 1.43. The van der Waals surface area contributed by atoms with Gasteiger partial charge in [-0.15, -0.1) is 11.3 Å². The van der Waals surface area contributed by atoms with Gasteiger partial charge in [0, 0.05) is 17.6 Å². The summed E-state index contributed by atoms with van der Waals surface area (Å²) in [5.41, 5.74) is 2.80. The van der Waals surface area contributed by atoms with Gasteiger partial charge in [-0.2, -0.15) is 0 Å². The van der Waals surface area contributed by atoms with Gasteiger partial charge in [0.1, 0.15) is 9.53 Å². The molecule has 0 amide bonds. The van der Waals surface area contributed by atoms with Crippen LogP contribution in [0.3, 0.4) is 0 Å². The molecule has 3 aromatic heterocycles. The van der Waals surface area contributed by atoms with Crippen molar-refractivity contribution in [2.24, 2.45) is 0 Å². The molecule has 6 nitrogen and oxygen atoms in total. The van der Waals surface area contributed by atoms with Gasteiger partial charge < -0.3 is 9.47 Å². The highest BCUT2D eigenvalue weighted by Crippen LogP contribution is 2.31. The summed E-state index contributed by atoms with van der Waals surface area (Å²) in [6.07, 6.45) is 2.54.